The number of aromatic nitrogens is 1. The maximum atomic E-state index is 12.6. The Morgan fingerprint density at radius 1 is 0.917 bits per heavy atom. The number of amides is 1. The number of carbonyl (C=O) groups is 1. The Balaban J connectivity index is 1.26. The Bertz CT molecular complexity index is 1340. The van der Waals surface area contributed by atoms with Gasteiger partial charge in [0.15, 0.2) is 5.17 Å². The smallest absolute Gasteiger partial charge is 0.286 e. The number of amidine groups is 1. The van der Waals surface area contributed by atoms with Gasteiger partial charge in [0.25, 0.3) is 5.91 Å². The van der Waals surface area contributed by atoms with Crippen LogP contribution in [0.5, 0.6) is 0 Å². The minimum absolute atomic E-state index is 0.174. The maximum absolute atomic E-state index is 12.6. The first-order valence-corrected chi connectivity index (χ1v) is 13.2. The van der Waals surface area contributed by atoms with E-state index in [1.807, 2.05) is 24.4 Å². The van der Waals surface area contributed by atoms with E-state index >= 15 is 0 Å². The van der Waals surface area contributed by atoms with Crippen LogP contribution in [0.25, 0.3) is 28.1 Å². The Labute approximate surface area is 215 Å². The number of benzene rings is 2. The van der Waals surface area contributed by atoms with Crippen molar-refractivity contribution in [1.82, 2.24) is 14.8 Å². The number of aliphatic imine (C=N–C) groups is 1. The molecule has 3 aromatic rings. The number of anilines is 1. The van der Waals surface area contributed by atoms with Gasteiger partial charge in [0, 0.05) is 56.5 Å². The Morgan fingerprint density at radius 3 is 2.47 bits per heavy atom. The van der Waals surface area contributed by atoms with Crippen LogP contribution in [0.4, 0.5) is 5.69 Å². The summed E-state index contributed by atoms with van der Waals surface area (Å²) in [5.41, 5.74) is 5.48. The number of fused-ring (bicyclic) bond motifs is 1. The third kappa shape index (κ3) is 4.76. The molecule has 0 radical (unpaired) electrons. The number of ether oxygens (including phenoxy) is 1. The van der Waals surface area contributed by atoms with E-state index in [1.54, 1.807) is 0 Å². The summed E-state index contributed by atoms with van der Waals surface area (Å²) in [6, 6.07) is 17.1. The Kier molecular flexibility index (Phi) is 6.48. The molecule has 8 heteroatoms. The van der Waals surface area contributed by atoms with E-state index in [9.17, 15) is 4.79 Å². The van der Waals surface area contributed by atoms with Gasteiger partial charge in [-0.2, -0.15) is 4.99 Å². The average molecular weight is 500 g/mol. The second-order valence-electron chi connectivity index (χ2n) is 9.38. The number of likely N-dealkylation sites (N-methyl/N-ethyl adjacent to an activating group) is 1. The summed E-state index contributed by atoms with van der Waals surface area (Å²) in [5.74, 6) is -0.174. The Morgan fingerprint density at radius 2 is 1.69 bits per heavy atom. The van der Waals surface area contributed by atoms with E-state index < -0.39 is 0 Å². The zero-order valence-electron chi connectivity index (χ0n) is 20.4. The van der Waals surface area contributed by atoms with Crippen molar-refractivity contribution in [2.24, 2.45) is 4.99 Å². The molecular formula is C28H29N5O2S. The minimum Gasteiger partial charge on any atom is -0.378 e. The lowest BCUT2D eigenvalue weighted by molar-refractivity contribution is -0.113. The first-order chi connectivity index (χ1) is 17.6. The second-order valence-corrected chi connectivity index (χ2v) is 10.4. The molecule has 36 heavy (non-hydrogen) atoms. The second kappa shape index (κ2) is 10.0. The molecule has 1 amide bonds. The highest BCUT2D eigenvalue weighted by Crippen LogP contribution is 2.33. The largest absolute Gasteiger partial charge is 0.378 e. The topological polar surface area (TPSA) is 61.3 Å². The van der Waals surface area contributed by atoms with Crippen molar-refractivity contribution in [3.63, 3.8) is 0 Å². The fourth-order valence-electron chi connectivity index (χ4n) is 4.86. The van der Waals surface area contributed by atoms with Gasteiger partial charge < -0.3 is 19.4 Å². The number of thioether (sulfide) groups is 1. The summed E-state index contributed by atoms with van der Waals surface area (Å²) in [6.07, 6.45) is 3.81. The standard InChI is InChI=1S/C28H29N5O2S/c1-31-10-12-32(13-11-31)22-5-3-21(4-6-22)23-8-9-29-25-7-2-20(18-24(23)25)19-26-27(34)30-28(36-26)33-14-16-35-17-15-33/h2-9,18-19H,10-17H2,1H3/b26-19-. The van der Waals surface area contributed by atoms with Gasteiger partial charge in [0.2, 0.25) is 0 Å². The van der Waals surface area contributed by atoms with Crippen LogP contribution in [0.3, 0.4) is 0 Å². The lowest BCUT2D eigenvalue weighted by Crippen LogP contribution is -2.44. The van der Waals surface area contributed by atoms with Crippen LogP contribution in [0.15, 0.2) is 64.6 Å². The third-order valence-electron chi connectivity index (χ3n) is 7.00. The van der Waals surface area contributed by atoms with Crippen LogP contribution in [-0.2, 0) is 9.53 Å². The molecule has 6 rings (SSSR count). The number of morpholine rings is 1. The monoisotopic (exact) mass is 499 g/mol. The molecule has 0 saturated carbocycles. The van der Waals surface area contributed by atoms with Crippen LogP contribution in [0.2, 0.25) is 0 Å². The van der Waals surface area contributed by atoms with Crippen molar-refractivity contribution in [1.29, 1.82) is 0 Å². The van der Waals surface area contributed by atoms with Crippen molar-refractivity contribution in [2.45, 2.75) is 0 Å². The molecule has 0 unspecified atom stereocenters. The molecule has 0 spiro atoms. The molecule has 0 aliphatic carbocycles. The molecule has 2 saturated heterocycles. The summed E-state index contributed by atoms with van der Waals surface area (Å²) in [4.78, 5) is 29.1. The van der Waals surface area contributed by atoms with Gasteiger partial charge in [0.1, 0.15) is 0 Å². The number of hydrogen-bond donors (Lipinski definition) is 0. The van der Waals surface area contributed by atoms with Gasteiger partial charge in [-0.3, -0.25) is 9.78 Å². The average Bonchev–Trinajstić information content (AvgIpc) is 3.29. The normalized spacial score (nSPS) is 20.4. The highest BCUT2D eigenvalue weighted by molar-refractivity contribution is 8.18. The van der Waals surface area contributed by atoms with Crippen molar-refractivity contribution in [3.05, 3.63) is 65.2 Å². The number of pyridine rings is 1. The highest BCUT2D eigenvalue weighted by Gasteiger charge is 2.27. The molecule has 2 aromatic carbocycles. The number of rotatable bonds is 3. The Hall–Kier alpha value is -3.20. The molecule has 0 atom stereocenters. The number of hydrogen-bond acceptors (Lipinski definition) is 7. The molecule has 7 nitrogen and oxygen atoms in total. The summed E-state index contributed by atoms with van der Waals surface area (Å²) in [6.45, 7) is 7.17. The SMILES string of the molecule is CN1CCN(c2ccc(-c3ccnc4ccc(/C=C5\SC(N6CCOCC6)=NC5=O)cc34)cc2)CC1. The van der Waals surface area contributed by atoms with E-state index in [4.69, 9.17) is 4.74 Å². The van der Waals surface area contributed by atoms with Gasteiger partial charge in [-0.1, -0.05) is 18.2 Å². The van der Waals surface area contributed by atoms with Gasteiger partial charge in [-0.25, -0.2) is 0 Å². The van der Waals surface area contributed by atoms with Gasteiger partial charge in [-0.05, 0) is 71.9 Å². The van der Waals surface area contributed by atoms with Crippen LogP contribution in [0.1, 0.15) is 5.56 Å². The number of piperazine rings is 1. The molecule has 1 aromatic heterocycles. The molecule has 3 aliphatic rings. The van der Waals surface area contributed by atoms with Crippen LogP contribution >= 0.6 is 11.8 Å². The highest BCUT2D eigenvalue weighted by atomic mass is 32.2. The molecule has 4 heterocycles. The molecule has 3 aliphatic heterocycles. The lowest BCUT2D eigenvalue weighted by atomic mass is 9.99. The predicted molar refractivity (Wildman–Crippen MR) is 147 cm³/mol. The minimum atomic E-state index is -0.174. The quantitative estimate of drug-likeness (QED) is 0.506. The van der Waals surface area contributed by atoms with Crippen molar-refractivity contribution < 1.29 is 9.53 Å². The van der Waals surface area contributed by atoms with Gasteiger partial charge >= 0.3 is 0 Å². The summed E-state index contributed by atoms with van der Waals surface area (Å²) in [5, 5.41) is 1.85. The summed E-state index contributed by atoms with van der Waals surface area (Å²) < 4.78 is 5.42. The first kappa shape index (κ1) is 23.2. The van der Waals surface area contributed by atoms with Crippen molar-refractivity contribution in [3.8, 4) is 11.1 Å². The third-order valence-corrected chi connectivity index (χ3v) is 8.05. The molecule has 184 valence electrons. The van der Waals surface area contributed by atoms with Crippen LogP contribution in [0, 0.1) is 0 Å². The van der Waals surface area contributed by atoms with E-state index in [-0.39, 0.29) is 5.91 Å². The van der Waals surface area contributed by atoms with Gasteiger partial charge in [-0.15, -0.1) is 0 Å². The number of nitrogens with zero attached hydrogens (tertiary/aromatic N) is 5. The van der Waals surface area contributed by atoms with E-state index in [2.05, 4.69) is 68.1 Å². The fourth-order valence-corrected chi connectivity index (χ4v) is 5.83. The first-order valence-electron chi connectivity index (χ1n) is 12.4. The van der Waals surface area contributed by atoms with Crippen molar-refractivity contribution in [2.75, 3.05) is 64.4 Å². The summed E-state index contributed by atoms with van der Waals surface area (Å²) in [7, 11) is 2.18. The maximum Gasteiger partial charge on any atom is 0.286 e. The zero-order valence-corrected chi connectivity index (χ0v) is 21.2. The molecule has 0 N–H and O–H groups in total. The van der Waals surface area contributed by atoms with Crippen molar-refractivity contribution >= 4 is 45.5 Å². The molecular weight excluding hydrogens is 470 g/mol. The van der Waals surface area contributed by atoms with E-state index in [1.165, 1.54) is 17.4 Å². The molecule has 2 fully saturated rings. The fraction of sp³-hybridized carbons (Fsp3) is 0.321. The van der Waals surface area contributed by atoms with Gasteiger partial charge in [0.05, 0.1) is 23.6 Å². The lowest BCUT2D eigenvalue weighted by Gasteiger charge is -2.34. The number of carbonyl (C=O) groups excluding carboxylic acids is 1. The van der Waals surface area contributed by atoms with Crippen LogP contribution in [-0.4, -0.2) is 85.4 Å². The van der Waals surface area contributed by atoms with Crippen LogP contribution < -0.4 is 4.90 Å². The van der Waals surface area contributed by atoms with E-state index in [0.29, 0.717) is 18.1 Å². The predicted octanol–water partition coefficient (Wildman–Crippen LogP) is 3.96. The van der Waals surface area contributed by atoms with E-state index in [0.717, 1.165) is 72.0 Å². The molecule has 0 bridgehead atoms. The zero-order chi connectivity index (χ0) is 24.5. The summed E-state index contributed by atoms with van der Waals surface area (Å²) >= 11 is 1.45.